The maximum Gasteiger partial charge on any atom is 0.0367 e. The van der Waals surface area contributed by atoms with Crippen LogP contribution in [-0.2, 0) is 0 Å². The third-order valence-electron chi connectivity index (χ3n) is 3.42. The molecule has 0 aromatic heterocycles. The van der Waals surface area contributed by atoms with Crippen LogP contribution in [0.4, 0.5) is 11.4 Å². The maximum atomic E-state index is 3.42. The molecule has 0 unspecified atom stereocenters. The topological polar surface area (TPSA) is 15.3 Å². The third-order valence-corrected chi connectivity index (χ3v) is 3.42. The van der Waals surface area contributed by atoms with E-state index in [0.29, 0.717) is 0 Å². The van der Waals surface area contributed by atoms with Gasteiger partial charge in [-0.05, 0) is 43.5 Å². The molecule has 1 heterocycles. The first-order valence-electron chi connectivity index (χ1n) is 6.99. The van der Waals surface area contributed by atoms with Crippen molar-refractivity contribution in [3.63, 3.8) is 0 Å². The van der Waals surface area contributed by atoms with E-state index in [0.717, 1.165) is 6.54 Å². The molecular weight excluding hydrogens is 208 g/mol. The summed E-state index contributed by atoms with van der Waals surface area (Å²) in [5, 5.41) is 3.42. The van der Waals surface area contributed by atoms with Crippen LogP contribution in [0.1, 0.15) is 39.0 Å². The zero-order valence-electron chi connectivity index (χ0n) is 10.9. The maximum absolute atomic E-state index is 3.42. The van der Waals surface area contributed by atoms with Crippen LogP contribution in [-0.4, -0.2) is 19.6 Å². The first-order valence-corrected chi connectivity index (χ1v) is 6.99. The molecule has 1 aliphatic heterocycles. The standard InChI is InChI=1S/C15H24N2/c1-2-11-16-14-7-9-15(10-8-14)17-12-5-3-4-6-13-17/h7-10,16H,2-6,11-13H2,1H3. The molecule has 1 aliphatic rings. The molecule has 1 N–H and O–H groups in total. The minimum atomic E-state index is 1.06. The van der Waals surface area contributed by atoms with Crippen molar-refractivity contribution in [2.24, 2.45) is 0 Å². The molecule has 0 radical (unpaired) electrons. The first-order chi connectivity index (χ1) is 8.40. The van der Waals surface area contributed by atoms with E-state index in [1.54, 1.807) is 0 Å². The predicted molar refractivity (Wildman–Crippen MR) is 75.9 cm³/mol. The van der Waals surface area contributed by atoms with Gasteiger partial charge in [0.2, 0.25) is 0 Å². The second-order valence-electron chi connectivity index (χ2n) is 4.87. The number of hydrogen-bond acceptors (Lipinski definition) is 2. The second-order valence-corrected chi connectivity index (χ2v) is 4.87. The lowest BCUT2D eigenvalue weighted by atomic mass is 10.2. The highest BCUT2D eigenvalue weighted by molar-refractivity contribution is 5.55. The number of benzene rings is 1. The van der Waals surface area contributed by atoms with E-state index in [1.807, 2.05) is 0 Å². The summed E-state index contributed by atoms with van der Waals surface area (Å²) < 4.78 is 0. The molecule has 0 saturated carbocycles. The Morgan fingerprint density at radius 1 is 1.00 bits per heavy atom. The van der Waals surface area contributed by atoms with Gasteiger partial charge in [0.05, 0.1) is 0 Å². The van der Waals surface area contributed by atoms with Gasteiger partial charge in [-0.3, -0.25) is 0 Å². The molecule has 1 fully saturated rings. The average molecular weight is 232 g/mol. The molecule has 0 bridgehead atoms. The van der Waals surface area contributed by atoms with E-state index in [4.69, 9.17) is 0 Å². The Morgan fingerprint density at radius 3 is 2.24 bits per heavy atom. The molecule has 0 amide bonds. The Morgan fingerprint density at radius 2 is 1.65 bits per heavy atom. The number of nitrogens with one attached hydrogen (secondary N) is 1. The van der Waals surface area contributed by atoms with Gasteiger partial charge in [-0.2, -0.15) is 0 Å². The Bertz CT molecular complexity index is 310. The Labute approximate surface area is 105 Å². The molecule has 2 heteroatoms. The molecular formula is C15H24N2. The van der Waals surface area contributed by atoms with Crippen LogP contribution >= 0.6 is 0 Å². The van der Waals surface area contributed by atoms with E-state index < -0.39 is 0 Å². The van der Waals surface area contributed by atoms with Crippen LogP contribution in [0.25, 0.3) is 0 Å². The molecule has 1 saturated heterocycles. The summed E-state index contributed by atoms with van der Waals surface area (Å²) in [6.07, 6.45) is 6.65. The minimum Gasteiger partial charge on any atom is -0.385 e. The minimum absolute atomic E-state index is 1.06. The molecule has 94 valence electrons. The summed E-state index contributed by atoms with van der Waals surface area (Å²) in [5.41, 5.74) is 2.62. The molecule has 0 aliphatic carbocycles. The first kappa shape index (κ1) is 12.3. The molecule has 0 spiro atoms. The number of hydrogen-bond donors (Lipinski definition) is 1. The third kappa shape index (κ3) is 3.65. The Hall–Kier alpha value is -1.18. The molecule has 0 atom stereocenters. The normalized spacial score (nSPS) is 16.6. The smallest absolute Gasteiger partial charge is 0.0367 e. The summed E-state index contributed by atoms with van der Waals surface area (Å²) in [6.45, 7) is 5.70. The summed E-state index contributed by atoms with van der Waals surface area (Å²) in [7, 11) is 0. The Kier molecular flexibility index (Phi) is 4.72. The largest absolute Gasteiger partial charge is 0.385 e. The number of nitrogens with zero attached hydrogens (tertiary/aromatic N) is 1. The monoisotopic (exact) mass is 232 g/mol. The van der Waals surface area contributed by atoms with Crippen molar-refractivity contribution >= 4 is 11.4 Å². The van der Waals surface area contributed by atoms with Crippen molar-refractivity contribution in [1.29, 1.82) is 0 Å². The van der Waals surface area contributed by atoms with E-state index >= 15 is 0 Å². The quantitative estimate of drug-likeness (QED) is 0.847. The van der Waals surface area contributed by atoms with Crippen molar-refractivity contribution in [3.8, 4) is 0 Å². The van der Waals surface area contributed by atoms with E-state index in [2.05, 4.69) is 41.4 Å². The van der Waals surface area contributed by atoms with Gasteiger partial charge < -0.3 is 10.2 Å². The van der Waals surface area contributed by atoms with E-state index in [-0.39, 0.29) is 0 Å². The van der Waals surface area contributed by atoms with Crippen molar-refractivity contribution in [2.45, 2.75) is 39.0 Å². The lowest BCUT2D eigenvalue weighted by molar-refractivity contribution is 0.726. The van der Waals surface area contributed by atoms with Gasteiger partial charge in [0.1, 0.15) is 0 Å². The zero-order valence-corrected chi connectivity index (χ0v) is 10.9. The Balaban J connectivity index is 1.96. The van der Waals surface area contributed by atoms with Gasteiger partial charge in [-0.1, -0.05) is 19.8 Å². The lowest BCUT2D eigenvalue weighted by Gasteiger charge is -2.22. The highest BCUT2D eigenvalue weighted by Gasteiger charge is 2.09. The van der Waals surface area contributed by atoms with Crippen LogP contribution in [0.5, 0.6) is 0 Å². The van der Waals surface area contributed by atoms with Gasteiger partial charge in [-0.15, -0.1) is 0 Å². The van der Waals surface area contributed by atoms with Crippen LogP contribution in [0.15, 0.2) is 24.3 Å². The van der Waals surface area contributed by atoms with E-state index in [9.17, 15) is 0 Å². The fraction of sp³-hybridized carbons (Fsp3) is 0.600. The van der Waals surface area contributed by atoms with Gasteiger partial charge in [0, 0.05) is 31.0 Å². The van der Waals surface area contributed by atoms with Crippen molar-refractivity contribution in [2.75, 3.05) is 29.9 Å². The summed E-state index contributed by atoms with van der Waals surface area (Å²) in [6, 6.07) is 8.92. The highest BCUT2D eigenvalue weighted by atomic mass is 15.1. The average Bonchev–Trinajstić information content (AvgIpc) is 2.66. The summed E-state index contributed by atoms with van der Waals surface area (Å²) >= 11 is 0. The predicted octanol–water partition coefficient (Wildman–Crippen LogP) is 3.89. The SMILES string of the molecule is CCCNc1ccc(N2CCCCCC2)cc1. The lowest BCUT2D eigenvalue weighted by Crippen LogP contribution is -2.23. The number of anilines is 2. The molecule has 1 aromatic rings. The van der Waals surface area contributed by atoms with Crippen molar-refractivity contribution < 1.29 is 0 Å². The van der Waals surface area contributed by atoms with Crippen LogP contribution in [0.2, 0.25) is 0 Å². The van der Waals surface area contributed by atoms with E-state index in [1.165, 1.54) is 56.6 Å². The fourth-order valence-electron chi connectivity index (χ4n) is 2.39. The highest BCUT2D eigenvalue weighted by Crippen LogP contribution is 2.21. The fourth-order valence-corrected chi connectivity index (χ4v) is 2.39. The van der Waals surface area contributed by atoms with Crippen LogP contribution in [0.3, 0.4) is 0 Å². The van der Waals surface area contributed by atoms with Crippen molar-refractivity contribution in [3.05, 3.63) is 24.3 Å². The molecule has 2 nitrogen and oxygen atoms in total. The second kappa shape index (κ2) is 6.53. The molecule has 2 rings (SSSR count). The van der Waals surface area contributed by atoms with Crippen molar-refractivity contribution in [1.82, 2.24) is 0 Å². The molecule has 17 heavy (non-hydrogen) atoms. The van der Waals surface area contributed by atoms with Gasteiger partial charge in [-0.25, -0.2) is 0 Å². The van der Waals surface area contributed by atoms with Gasteiger partial charge in [0.15, 0.2) is 0 Å². The molecule has 1 aromatic carbocycles. The summed E-state index contributed by atoms with van der Waals surface area (Å²) in [5.74, 6) is 0. The number of rotatable bonds is 4. The van der Waals surface area contributed by atoms with Gasteiger partial charge >= 0.3 is 0 Å². The zero-order chi connectivity index (χ0) is 11.9. The summed E-state index contributed by atoms with van der Waals surface area (Å²) in [4.78, 5) is 2.52. The van der Waals surface area contributed by atoms with Crippen LogP contribution < -0.4 is 10.2 Å². The van der Waals surface area contributed by atoms with Gasteiger partial charge in [0.25, 0.3) is 0 Å². The van der Waals surface area contributed by atoms with Crippen LogP contribution in [0, 0.1) is 0 Å².